The number of hydrogen-bond acceptors (Lipinski definition) is 3. The average Bonchev–Trinajstić information content (AvgIpc) is 2.95. The number of aryl methyl sites for hydroxylation is 5. The standard InChI is InChI=1S/C35H57NO2/c1-3-5-7-9-11-13-15-30-17-19-31(20-18-30)21-24-34-27-32(16-14-12-10-8-6-4-2)22-23-33(34)25-26-35(36,28-37)29-38/h17-20,22-23,27,37-38H,3-16,21,24-26,28-29,36H2,1-2H3. The van der Waals surface area contributed by atoms with E-state index in [0.717, 1.165) is 25.7 Å². The highest BCUT2D eigenvalue weighted by molar-refractivity contribution is 5.34. The lowest BCUT2D eigenvalue weighted by atomic mass is 9.89. The molecule has 0 bridgehead atoms. The van der Waals surface area contributed by atoms with Crippen molar-refractivity contribution in [3.63, 3.8) is 0 Å². The summed E-state index contributed by atoms with van der Waals surface area (Å²) in [7, 11) is 0. The highest BCUT2D eigenvalue weighted by Crippen LogP contribution is 2.21. The zero-order valence-corrected chi connectivity index (χ0v) is 24.7. The van der Waals surface area contributed by atoms with Crippen LogP contribution in [0, 0.1) is 0 Å². The van der Waals surface area contributed by atoms with Crippen LogP contribution in [0.3, 0.4) is 0 Å². The summed E-state index contributed by atoms with van der Waals surface area (Å²) in [5, 5.41) is 19.3. The number of aliphatic hydroxyl groups excluding tert-OH is 2. The Hall–Kier alpha value is -1.68. The van der Waals surface area contributed by atoms with Crippen LogP contribution in [-0.2, 0) is 32.1 Å². The van der Waals surface area contributed by atoms with Crippen molar-refractivity contribution >= 4 is 0 Å². The van der Waals surface area contributed by atoms with Gasteiger partial charge >= 0.3 is 0 Å². The highest BCUT2D eigenvalue weighted by Gasteiger charge is 2.23. The number of unbranched alkanes of at least 4 members (excludes halogenated alkanes) is 10. The predicted molar refractivity (Wildman–Crippen MR) is 164 cm³/mol. The Morgan fingerprint density at radius 2 is 1.00 bits per heavy atom. The zero-order valence-electron chi connectivity index (χ0n) is 24.7. The van der Waals surface area contributed by atoms with Crippen molar-refractivity contribution in [1.29, 1.82) is 0 Å². The molecule has 38 heavy (non-hydrogen) atoms. The summed E-state index contributed by atoms with van der Waals surface area (Å²) in [6.07, 6.45) is 21.7. The molecular weight excluding hydrogens is 466 g/mol. The molecule has 0 saturated heterocycles. The maximum absolute atomic E-state index is 9.64. The first kappa shape index (κ1) is 32.5. The van der Waals surface area contributed by atoms with E-state index >= 15 is 0 Å². The highest BCUT2D eigenvalue weighted by atomic mass is 16.3. The van der Waals surface area contributed by atoms with Gasteiger partial charge in [-0.25, -0.2) is 0 Å². The largest absolute Gasteiger partial charge is 0.394 e. The zero-order chi connectivity index (χ0) is 27.5. The van der Waals surface area contributed by atoms with Gasteiger partial charge in [-0.3, -0.25) is 0 Å². The average molecular weight is 524 g/mol. The smallest absolute Gasteiger partial charge is 0.0633 e. The molecule has 0 fully saturated rings. The van der Waals surface area contributed by atoms with Gasteiger partial charge in [0, 0.05) is 0 Å². The van der Waals surface area contributed by atoms with Crippen LogP contribution in [0.5, 0.6) is 0 Å². The molecule has 0 unspecified atom stereocenters. The van der Waals surface area contributed by atoms with E-state index in [4.69, 9.17) is 5.73 Å². The monoisotopic (exact) mass is 523 g/mol. The number of rotatable bonds is 22. The number of aliphatic hydroxyl groups is 2. The van der Waals surface area contributed by atoms with E-state index in [2.05, 4.69) is 56.3 Å². The SMILES string of the molecule is CCCCCCCCc1ccc(CCc2cc(CCCCCCCC)ccc2CCC(N)(CO)CO)cc1. The number of hydrogen-bond donors (Lipinski definition) is 3. The number of benzene rings is 2. The molecule has 0 radical (unpaired) electrons. The van der Waals surface area contributed by atoms with Crippen molar-refractivity contribution in [3.05, 3.63) is 70.3 Å². The fourth-order valence-corrected chi connectivity index (χ4v) is 5.27. The van der Waals surface area contributed by atoms with E-state index in [1.807, 2.05) is 0 Å². The van der Waals surface area contributed by atoms with E-state index in [1.165, 1.54) is 111 Å². The Morgan fingerprint density at radius 3 is 1.55 bits per heavy atom. The van der Waals surface area contributed by atoms with Crippen molar-refractivity contribution < 1.29 is 10.2 Å². The molecule has 0 aliphatic carbocycles. The van der Waals surface area contributed by atoms with Gasteiger partial charge in [0.05, 0.1) is 18.8 Å². The normalized spacial score (nSPS) is 11.8. The van der Waals surface area contributed by atoms with Gasteiger partial charge in [-0.05, 0) is 79.2 Å². The fraction of sp³-hybridized carbons (Fsp3) is 0.657. The maximum atomic E-state index is 9.64. The van der Waals surface area contributed by atoms with E-state index in [0.29, 0.717) is 6.42 Å². The van der Waals surface area contributed by atoms with Gasteiger partial charge < -0.3 is 15.9 Å². The van der Waals surface area contributed by atoms with E-state index < -0.39 is 5.54 Å². The summed E-state index contributed by atoms with van der Waals surface area (Å²) >= 11 is 0. The second-order valence-electron chi connectivity index (χ2n) is 11.6. The molecular formula is C35H57NO2. The second kappa shape index (κ2) is 19.4. The van der Waals surface area contributed by atoms with Crippen molar-refractivity contribution in [2.24, 2.45) is 5.73 Å². The van der Waals surface area contributed by atoms with E-state index in [-0.39, 0.29) is 13.2 Å². The first-order chi connectivity index (χ1) is 18.5. The molecule has 0 aliphatic heterocycles. The molecule has 2 aromatic rings. The third-order valence-electron chi connectivity index (χ3n) is 8.14. The molecule has 0 aromatic heterocycles. The molecule has 3 heteroatoms. The first-order valence-electron chi connectivity index (χ1n) is 15.7. The summed E-state index contributed by atoms with van der Waals surface area (Å²) in [5.74, 6) is 0. The maximum Gasteiger partial charge on any atom is 0.0633 e. The third-order valence-corrected chi connectivity index (χ3v) is 8.14. The van der Waals surface area contributed by atoms with Crippen LogP contribution < -0.4 is 5.73 Å². The minimum absolute atomic E-state index is 0.194. The number of nitrogens with two attached hydrogens (primary N) is 1. The summed E-state index contributed by atoms with van der Waals surface area (Å²) in [5.41, 5.74) is 12.2. The molecule has 0 atom stereocenters. The summed E-state index contributed by atoms with van der Waals surface area (Å²) in [6, 6.07) is 16.2. The van der Waals surface area contributed by atoms with E-state index in [9.17, 15) is 10.2 Å². The van der Waals surface area contributed by atoms with Crippen LogP contribution in [0.25, 0.3) is 0 Å². The van der Waals surface area contributed by atoms with Gasteiger partial charge in [-0.15, -0.1) is 0 Å². The van der Waals surface area contributed by atoms with Crippen LogP contribution in [0.4, 0.5) is 0 Å². The Bertz CT molecular complexity index is 857. The molecule has 4 N–H and O–H groups in total. The van der Waals surface area contributed by atoms with Crippen LogP contribution in [0.2, 0.25) is 0 Å². The van der Waals surface area contributed by atoms with E-state index in [1.54, 1.807) is 0 Å². The summed E-state index contributed by atoms with van der Waals surface area (Å²) < 4.78 is 0. The van der Waals surface area contributed by atoms with Gasteiger partial charge in [0.1, 0.15) is 0 Å². The van der Waals surface area contributed by atoms with Crippen LogP contribution in [-0.4, -0.2) is 29.0 Å². The van der Waals surface area contributed by atoms with Gasteiger partial charge in [-0.1, -0.05) is 121 Å². The van der Waals surface area contributed by atoms with Gasteiger partial charge in [0.2, 0.25) is 0 Å². The Balaban J connectivity index is 1.95. The lowest BCUT2D eigenvalue weighted by molar-refractivity contribution is 0.115. The molecule has 2 rings (SSSR count). The lowest BCUT2D eigenvalue weighted by Crippen LogP contribution is -2.47. The van der Waals surface area contributed by atoms with Gasteiger partial charge in [0.15, 0.2) is 0 Å². The van der Waals surface area contributed by atoms with Crippen molar-refractivity contribution in [3.8, 4) is 0 Å². The van der Waals surface area contributed by atoms with Crippen molar-refractivity contribution in [1.82, 2.24) is 0 Å². The molecule has 0 amide bonds. The third kappa shape index (κ3) is 12.9. The predicted octanol–water partition coefficient (Wildman–Crippen LogP) is 7.89. The minimum atomic E-state index is -0.916. The van der Waals surface area contributed by atoms with Crippen molar-refractivity contribution in [2.75, 3.05) is 13.2 Å². The molecule has 2 aromatic carbocycles. The van der Waals surface area contributed by atoms with Gasteiger partial charge in [0.25, 0.3) is 0 Å². The van der Waals surface area contributed by atoms with Crippen LogP contribution in [0.15, 0.2) is 42.5 Å². The summed E-state index contributed by atoms with van der Waals surface area (Å²) in [6.45, 7) is 4.15. The van der Waals surface area contributed by atoms with Crippen LogP contribution in [0.1, 0.15) is 125 Å². The summed E-state index contributed by atoms with van der Waals surface area (Å²) in [4.78, 5) is 0. The molecule has 214 valence electrons. The van der Waals surface area contributed by atoms with Crippen molar-refractivity contribution in [2.45, 2.75) is 135 Å². The minimum Gasteiger partial charge on any atom is -0.394 e. The molecule has 0 saturated carbocycles. The first-order valence-corrected chi connectivity index (χ1v) is 15.7. The Morgan fingerprint density at radius 1 is 0.526 bits per heavy atom. The van der Waals surface area contributed by atoms with Crippen LogP contribution >= 0.6 is 0 Å². The molecule has 0 spiro atoms. The molecule has 0 heterocycles. The quantitative estimate of drug-likeness (QED) is 0.137. The molecule has 0 aliphatic rings. The molecule has 3 nitrogen and oxygen atoms in total. The van der Waals surface area contributed by atoms with Gasteiger partial charge in [-0.2, -0.15) is 0 Å². The fourth-order valence-electron chi connectivity index (χ4n) is 5.27. The lowest BCUT2D eigenvalue weighted by Gasteiger charge is -2.25. The Labute approximate surface area is 234 Å². The topological polar surface area (TPSA) is 66.5 Å². The Kier molecular flexibility index (Phi) is 16.6. The second-order valence-corrected chi connectivity index (χ2v) is 11.6.